The molecule has 0 aliphatic carbocycles. The van der Waals surface area contributed by atoms with Crippen LogP contribution in [0.2, 0.25) is 0 Å². The molecule has 2 rings (SSSR count). The minimum Gasteiger partial charge on any atom is -0.493 e. The molecule has 1 aliphatic heterocycles. The van der Waals surface area contributed by atoms with Gasteiger partial charge in [-0.25, -0.2) is 0 Å². The van der Waals surface area contributed by atoms with Gasteiger partial charge in [-0.15, -0.1) is 12.4 Å². The second-order valence-electron chi connectivity index (χ2n) is 9.38. The molecule has 9 nitrogen and oxygen atoms in total. The van der Waals surface area contributed by atoms with Crippen molar-refractivity contribution in [3.8, 4) is 5.75 Å². The van der Waals surface area contributed by atoms with Gasteiger partial charge in [-0.3, -0.25) is 9.59 Å². The van der Waals surface area contributed by atoms with Gasteiger partial charge in [-0.1, -0.05) is 26.0 Å². The summed E-state index contributed by atoms with van der Waals surface area (Å²) in [5.41, 5.74) is 6.73. The minimum absolute atomic E-state index is 0. The zero-order valence-electron chi connectivity index (χ0n) is 21.0. The number of hydrogen-bond donors (Lipinski definition) is 4. The fourth-order valence-electron chi connectivity index (χ4n) is 4.02. The van der Waals surface area contributed by atoms with E-state index in [9.17, 15) is 19.8 Å². The van der Waals surface area contributed by atoms with Gasteiger partial charge in [0.25, 0.3) is 5.91 Å². The third-order valence-corrected chi connectivity index (χ3v) is 6.27. The number of nitrogens with zero attached hydrogens (tertiary/aromatic N) is 1. The maximum atomic E-state index is 12.9. The highest BCUT2D eigenvalue weighted by atomic mass is 35.5. The molecule has 1 heterocycles. The van der Waals surface area contributed by atoms with Crippen molar-refractivity contribution in [2.45, 2.75) is 57.8 Å². The summed E-state index contributed by atoms with van der Waals surface area (Å²) >= 11 is 0. The zero-order valence-corrected chi connectivity index (χ0v) is 21.8. The van der Waals surface area contributed by atoms with Crippen LogP contribution in [0.25, 0.3) is 0 Å². The first-order chi connectivity index (χ1) is 16.2. The molecule has 1 saturated heterocycles. The number of aliphatic hydroxyl groups excluding tert-OH is 2. The van der Waals surface area contributed by atoms with E-state index in [1.807, 2.05) is 19.9 Å². The van der Waals surface area contributed by atoms with E-state index in [0.29, 0.717) is 37.5 Å². The Labute approximate surface area is 214 Å². The lowest BCUT2D eigenvalue weighted by molar-refractivity contribution is -0.129. The molecular formula is C25H42ClN3O6. The molecule has 4 atom stereocenters. The maximum absolute atomic E-state index is 12.9. The van der Waals surface area contributed by atoms with Gasteiger partial charge in [0.05, 0.1) is 30.8 Å². The van der Waals surface area contributed by atoms with Gasteiger partial charge in [0.2, 0.25) is 5.91 Å². The van der Waals surface area contributed by atoms with E-state index in [4.69, 9.17) is 15.2 Å². The van der Waals surface area contributed by atoms with Crippen LogP contribution in [-0.4, -0.2) is 85.1 Å². The molecule has 0 aromatic heterocycles. The number of carbonyl (C=O) groups excluding carboxylic acids is 2. The second-order valence-corrected chi connectivity index (χ2v) is 9.38. The number of hydrogen-bond acceptors (Lipinski definition) is 7. The number of carbonyl (C=O) groups is 2. The molecule has 10 heteroatoms. The van der Waals surface area contributed by atoms with Crippen molar-refractivity contribution in [3.05, 3.63) is 29.8 Å². The average Bonchev–Trinajstić information content (AvgIpc) is 3.12. The summed E-state index contributed by atoms with van der Waals surface area (Å²) in [6.45, 7) is 6.01. The predicted octanol–water partition coefficient (Wildman–Crippen LogP) is 1.59. The SMILES string of the molecule is COCCCCOc1ccccc1C(=O)NC[C@@H](C[C@H](N)[C@@H](O)CN1CC(O)CC1=O)C(C)C.Cl. The Hall–Kier alpha value is -1.91. The molecule has 5 N–H and O–H groups in total. The van der Waals surface area contributed by atoms with E-state index >= 15 is 0 Å². The molecule has 0 radical (unpaired) electrons. The fraction of sp³-hybridized carbons (Fsp3) is 0.680. The van der Waals surface area contributed by atoms with Gasteiger partial charge in [-0.05, 0) is 43.2 Å². The molecule has 1 aromatic rings. The van der Waals surface area contributed by atoms with Crippen LogP contribution in [0.3, 0.4) is 0 Å². The number of β-amino-alcohol motifs (C(OH)–C–C–N with tert-alkyl or cyclic N) is 2. The number of halogens is 1. The number of aliphatic hydroxyl groups is 2. The van der Waals surface area contributed by atoms with Crippen LogP contribution in [0, 0.1) is 11.8 Å². The van der Waals surface area contributed by atoms with E-state index in [2.05, 4.69) is 5.32 Å². The van der Waals surface area contributed by atoms with Crippen molar-refractivity contribution in [2.75, 3.05) is 40.0 Å². The average molecular weight is 516 g/mol. The topological polar surface area (TPSA) is 134 Å². The standard InChI is InChI=1S/C25H41N3O6.ClH/c1-17(2)18(12-21(26)22(30)16-28-15-19(29)13-24(28)31)14-27-25(32)20-8-4-5-9-23(20)34-11-7-6-10-33-3;/h4-5,8-9,17-19,21-22,29-30H,6-7,10-16,26H2,1-3H3,(H,27,32);1H/t18-,19?,21+,22+;/m1./s1. The first-order valence-corrected chi connectivity index (χ1v) is 12.1. The normalized spacial score (nSPS) is 18.2. The molecule has 0 bridgehead atoms. The highest BCUT2D eigenvalue weighted by Gasteiger charge is 2.31. The van der Waals surface area contributed by atoms with E-state index in [-0.39, 0.29) is 55.6 Å². The van der Waals surface area contributed by atoms with Crippen molar-refractivity contribution < 1.29 is 29.3 Å². The van der Waals surface area contributed by atoms with Gasteiger partial charge in [0, 0.05) is 39.4 Å². The lowest BCUT2D eigenvalue weighted by atomic mass is 9.87. The number of likely N-dealkylation sites (tertiary alicyclic amines) is 1. The Bertz CT molecular complexity index is 781. The maximum Gasteiger partial charge on any atom is 0.255 e. The number of nitrogens with one attached hydrogen (secondary N) is 1. The predicted molar refractivity (Wildman–Crippen MR) is 137 cm³/mol. The molecular weight excluding hydrogens is 474 g/mol. The number of amides is 2. The van der Waals surface area contributed by atoms with Crippen molar-refractivity contribution in [1.29, 1.82) is 0 Å². The fourth-order valence-corrected chi connectivity index (χ4v) is 4.02. The number of unbranched alkanes of at least 4 members (excludes halogenated alkanes) is 1. The summed E-state index contributed by atoms with van der Waals surface area (Å²) in [6, 6.07) is 6.60. The molecule has 1 unspecified atom stereocenters. The van der Waals surface area contributed by atoms with Crippen LogP contribution in [-0.2, 0) is 9.53 Å². The Kier molecular flexibility index (Phi) is 14.2. The molecule has 0 saturated carbocycles. The van der Waals surface area contributed by atoms with Gasteiger partial charge in [-0.2, -0.15) is 0 Å². The summed E-state index contributed by atoms with van der Waals surface area (Å²) in [5.74, 6) is 0.412. The number of methoxy groups -OCH3 is 1. The number of benzene rings is 1. The zero-order chi connectivity index (χ0) is 25.1. The highest BCUT2D eigenvalue weighted by Crippen LogP contribution is 2.21. The van der Waals surface area contributed by atoms with Crippen LogP contribution in [0.1, 0.15) is 49.9 Å². The molecule has 200 valence electrons. The first kappa shape index (κ1) is 31.1. The molecule has 0 spiro atoms. The number of nitrogens with two attached hydrogens (primary N) is 1. The third kappa shape index (κ3) is 10.3. The van der Waals surface area contributed by atoms with E-state index in [0.717, 1.165) is 12.8 Å². The Morgan fingerprint density at radius 2 is 1.94 bits per heavy atom. The lowest BCUT2D eigenvalue weighted by Gasteiger charge is -2.29. The summed E-state index contributed by atoms with van der Waals surface area (Å²) in [5, 5.41) is 23.1. The van der Waals surface area contributed by atoms with Crippen LogP contribution < -0.4 is 15.8 Å². The highest BCUT2D eigenvalue weighted by molar-refractivity contribution is 5.96. The smallest absolute Gasteiger partial charge is 0.255 e. The van der Waals surface area contributed by atoms with Crippen LogP contribution in [0.4, 0.5) is 0 Å². The van der Waals surface area contributed by atoms with Crippen molar-refractivity contribution in [3.63, 3.8) is 0 Å². The summed E-state index contributed by atoms with van der Waals surface area (Å²) in [6.07, 6.45) is 0.702. The molecule has 2 amide bonds. The number of rotatable bonds is 15. The summed E-state index contributed by atoms with van der Waals surface area (Å²) in [7, 11) is 1.66. The molecule has 1 aromatic carbocycles. The third-order valence-electron chi connectivity index (χ3n) is 6.27. The summed E-state index contributed by atoms with van der Waals surface area (Å²) < 4.78 is 10.9. The largest absolute Gasteiger partial charge is 0.493 e. The van der Waals surface area contributed by atoms with Crippen LogP contribution in [0.5, 0.6) is 5.75 Å². The number of para-hydroxylation sites is 1. The summed E-state index contributed by atoms with van der Waals surface area (Å²) in [4.78, 5) is 26.2. The van der Waals surface area contributed by atoms with E-state index in [1.54, 1.807) is 25.3 Å². The van der Waals surface area contributed by atoms with E-state index < -0.39 is 18.2 Å². The van der Waals surface area contributed by atoms with Crippen molar-refractivity contribution >= 4 is 24.2 Å². The monoisotopic (exact) mass is 515 g/mol. The molecule has 1 aliphatic rings. The minimum atomic E-state index is -0.904. The van der Waals surface area contributed by atoms with Crippen molar-refractivity contribution in [1.82, 2.24) is 10.2 Å². The van der Waals surface area contributed by atoms with Gasteiger partial charge < -0.3 is 35.6 Å². The molecule has 35 heavy (non-hydrogen) atoms. The quantitative estimate of drug-likeness (QED) is 0.260. The van der Waals surface area contributed by atoms with Crippen molar-refractivity contribution in [2.24, 2.45) is 17.6 Å². The Morgan fingerprint density at radius 1 is 1.26 bits per heavy atom. The first-order valence-electron chi connectivity index (χ1n) is 12.1. The van der Waals surface area contributed by atoms with Gasteiger partial charge >= 0.3 is 0 Å². The van der Waals surface area contributed by atoms with Crippen LogP contribution in [0.15, 0.2) is 24.3 Å². The van der Waals surface area contributed by atoms with Gasteiger partial charge in [0.15, 0.2) is 0 Å². The van der Waals surface area contributed by atoms with Crippen LogP contribution >= 0.6 is 12.4 Å². The number of ether oxygens (including phenoxy) is 2. The Morgan fingerprint density at radius 3 is 2.57 bits per heavy atom. The second kappa shape index (κ2) is 16.0. The Balaban J connectivity index is 0.00000612. The molecule has 1 fully saturated rings. The van der Waals surface area contributed by atoms with Gasteiger partial charge in [0.1, 0.15) is 5.75 Å². The lowest BCUT2D eigenvalue weighted by Crippen LogP contribution is -2.46. The van der Waals surface area contributed by atoms with E-state index in [1.165, 1.54) is 4.90 Å².